The molecule has 0 aromatic rings. The monoisotopic (exact) mass is 421 g/mol. The van der Waals surface area contributed by atoms with Gasteiger partial charge in [0.05, 0.1) is 26.3 Å². The van der Waals surface area contributed by atoms with Crippen molar-refractivity contribution in [1.29, 1.82) is 0 Å². The van der Waals surface area contributed by atoms with Crippen LogP contribution >= 0.6 is 0 Å². The molecule has 0 atom stereocenters. The molecular weight excluding hydrogens is 382 g/mol. The molecule has 3 rings (SSSR count). The molecular formula is C22H39N5O3. The largest absolute Gasteiger partial charge is 0.379 e. The second-order valence-corrected chi connectivity index (χ2v) is 8.81. The highest BCUT2D eigenvalue weighted by molar-refractivity contribution is 5.78. The third-order valence-corrected chi connectivity index (χ3v) is 6.72. The summed E-state index contributed by atoms with van der Waals surface area (Å²) in [5.74, 6) is 0.146. The maximum absolute atomic E-state index is 12.7. The molecule has 0 aromatic heterocycles. The van der Waals surface area contributed by atoms with Crippen molar-refractivity contribution >= 4 is 11.8 Å². The topological polar surface area (TPSA) is 77.2 Å². The van der Waals surface area contributed by atoms with Crippen LogP contribution in [-0.2, 0) is 14.3 Å². The summed E-state index contributed by atoms with van der Waals surface area (Å²) in [6, 6.07) is 0. The van der Waals surface area contributed by atoms with Gasteiger partial charge in [-0.15, -0.1) is 6.58 Å². The molecule has 2 N–H and O–H groups in total. The Labute approximate surface area is 181 Å². The molecule has 0 unspecified atom stereocenters. The average Bonchev–Trinajstić information content (AvgIpc) is 2.79. The van der Waals surface area contributed by atoms with Crippen molar-refractivity contribution < 1.29 is 14.3 Å². The quantitative estimate of drug-likeness (QED) is 0.513. The van der Waals surface area contributed by atoms with Crippen molar-refractivity contribution in [3.63, 3.8) is 0 Å². The van der Waals surface area contributed by atoms with Crippen molar-refractivity contribution in [2.24, 2.45) is 0 Å². The molecule has 3 fully saturated rings. The van der Waals surface area contributed by atoms with Gasteiger partial charge >= 0.3 is 0 Å². The first-order valence-corrected chi connectivity index (χ1v) is 11.5. The van der Waals surface area contributed by atoms with E-state index in [4.69, 9.17) is 4.74 Å². The standard InChI is InChI=1S/C22H39N5O3/c1-2-8-23-20(28)17-25-9-11-26(12-10-25)18-21(29)24-19-22(6-4-3-5-7-22)27-13-15-30-16-14-27/h2H,1,3-19H2,(H,23,28)(H,24,29). The first-order chi connectivity index (χ1) is 14.6. The molecule has 0 spiro atoms. The van der Waals surface area contributed by atoms with Crippen LogP contribution in [0.25, 0.3) is 0 Å². The first-order valence-electron chi connectivity index (χ1n) is 11.5. The highest BCUT2D eigenvalue weighted by Gasteiger charge is 2.38. The van der Waals surface area contributed by atoms with E-state index >= 15 is 0 Å². The minimum atomic E-state index is 0.0296. The Bertz CT molecular complexity index is 565. The van der Waals surface area contributed by atoms with E-state index in [1.807, 2.05) is 0 Å². The predicted molar refractivity (Wildman–Crippen MR) is 117 cm³/mol. The zero-order chi connectivity index (χ0) is 21.2. The third-order valence-electron chi connectivity index (χ3n) is 6.72. The second kappa shape index (κ2) is 11.8. The van der Waals surface area contributed by atoms with Gasteiger partial charge in [-0.05, 0) is 12.8 Å². The second-order valence-electron chi connectivity index (χ2n) is 8.81. The van der Waals surface area contributed by atoms with Crippen LogP contribution in [0.1, 0.15) is 32.1 Å². The highest BCUT2D eigenvalue weighted by atomic mass is 16.5. The fraction of sp³-hybridized carbons (Fsp3) is 0.818. The molecule has 1 saturated carbocycles. The molecule has 0 bridgehead atoms. The van der Waals surface area contributed by atoms with Gasteiger partial charge in [-0.2, -0.15) is 0 Å². The minimum absolute atomic E-state index is 0.0296. The van der Waals surface area contributed by atoms with Gasteiger partial charge in [0, 0.05) is 57.9 Å². The van der Waals surface area contributed by atoms with Gasteiger partial charge in [-0.1, -0.05) is 25.3 Å². The molecule has 0 aromatic carbocycles. The van der Waals surface area contributed by atoms with Crippen molar-refractivity contribution in [2.75, 3.05) is 78.7 Å². The van der Waals surface area contributed by atoms with E-state index in [9.17, 15) is 9.59 Å². The fourth-order valence-electron chi connectivity index (χ4n) is 4.93. The smallest absolute Gasteiger partial charge is 0.234 e. The lowest BCUT2D eigenvalue weighted by molar-refractivity contribution is -0.125. The number of nitrogens with zero attached hydrogens (tertiary/aromatic N) is 3. The molecule has 2 saturated heterocycles. The molecule has 2 heterocycles. The van der Waals surface area contributed by atoms with Crippen LogP contribution in [-0.4, -0.2) is 111 Å². The molecule has 170 valence electrons. The van der Waals surface area contributed by atoms with Crippen molar-refractivity contribution in [3.05, 3.63) is 12.7 Å². The van der Waals surface area contributed by atoms with E-state index in [-0.39, 0.29) is 17.4 Å². The highest BCUT2D eigenvalue weighted by Crippen LogP contribution is 2.33. The molecule has 1 aliphatic carbocycles. The zero-order valence-corrected chi connectivity index (χ0v) is 18.4. The summed E-state index contributed by atoms with van der Waals surface area (Å²) in [5, 5.41) is 6.07. The minimum Gasteiger partial charge on any atom is -0.379 e. The summed E-state index contributed by atoms with van der Waals surface area (Å²) >= 11 is 0. The maximum atomic E-state index is 12.7. The van der Waals surface area contributed by atoms with E-state index in [0.29, 0.717) is 19.6 Å². The number of amides is 2. The Morgan fingerprint density at radius 1 is 0.867 bits per heavy atom. The van der Waals surface area contributed by atoms with Gasteiger partial charge in [0.25, 0.3) is 0 Å². The summed E-state index contributed by atoms with van der Waals surface area (Å²) in [5.41, 5.74) is 0.106. The number of hydrogen-bond acceptors (Lipinski definition) is 6. The van der Waals surface area contributed by atoms with Crippen LogP contribution in [0.4, 0.5) is 0 Å². The Hall–Kier alpha value is -1.48. The summed E-state index contributed by atoms with van der Waals surface area (Å²) in [6.45, 7) is 12.5. The van der Waals surface area contributed by atoms with Gasteiger partial charge < -0.3 is 15.4 Å². The molecule has 8 heteroatoms. The first kappa shape index (κ1) is 23.2. The summed E-state index contributed by atoms with van der Waals surface area (Å²) in [7, 11) is 0. The number of rotatable bonds is 9. The summed E-state index contributed by atoms with van der Waals surface area (Å²) in [4.78, 5) is 31.4. The Balaban J connectivity index is 1.39. The van der Waals surface area contributed by atoms with Gasteiger partial charge in [0.1, 0.15) is 0 Å². The molecule has 8 nitrogen and oxygen atoms in total. The lowest BCUT2D eigenvalue weighted by atomic mass is 9.79. The molecule has 30 heavy (non-hydrogen) atoms. The van der Waals surface area contributed by atoms with Crippen LogP contribution in [0.5, 0.6) is 0 Å². The molecule has 2 amide bonds. The number of carbonyl (C=O) groups excluding carboxylic acids is 2. The van der Waals surface area contributed by atoms with Gasteiger partial charge in [0.2, 0.25) is 11.8 Å². The van der Waals surface area contributed by atoms with Crippen LogP contribution in [0.3, 0.4) is 0 Å². The SMILES string of the molecule is C=CCNC(=O)CN1CCN(CC(=O)NCC2(N3CCOCC3)CCCCC2)CC1. The van der Waals surface area contributed by atoms with E-state index < -0.39 is 0 Å². The number of nitrogens with one attached hydrogen (secondary N) is 2. The lowest BCUT2D eigenvalue weighted by Crippen LogP contribution is -2.60. The fourth-order valence-corrected chi connectivity index (χ4v) is 4.93. The lowest BCUT2D eigenvalue weighted by Gasteiger charge is -2.48. The van der Waals surface area contributed by atoms with Crippen molar-refractivity contribution in [2.45, 2.75) is 37.6 Å². The average molecular weight is 422 g/mol. The number of hydrogen-bond donors (Lipinski definition) is 2. The van der Waals surface area contributed by atoms with Crippen LogP contribution in [0, 0.1) is 0 Å². The van der Waals surface area contributed by atoms with Crippen LogP contribution in [0.15, 0.2) is 12.7 Å². The number of morpholine rings is 1. The normalized spacial score (nSPS) is 23.6. The number of piperazine rings is 1. The Morgan fingerprint density at radius 3 is 2.00 bits per heavy atom. The zero-order valence-electron chi connectivity index (χ0n) is 18.4. The predicted octanol–water partition coefficient (Wildman–Crippen LogP) is 0.0575. The Kier molecular flexibility index (Phi) is 9.11. The summed E-state index contributed by atoms with van der Waals surface area (Å²) in [6.07, 6.45) is 7.81. The van der Waals surface area contributed by atoms with Gasteiger partial charge in [0.15, 0.2) is 0 Å². The van der Waals surface area contributed by atoms with Crippen molar-refractivity contribution in [3.8, 4) is 0 Å². The number of ether oxygens (including phenoxy) is 1. The van der Waals surface area contributed by atoms with Crippen molar-refractivity contribution in [1.82, 2.24) is 25.3 Å². The number of carbonyl (C=O) groups is 2. The Morgan fingerprint density at radius 2 is 1.43 bits per heavy atom. The van der Waals surface area contributed by atoms with E-state index in [0.717, 1.165) is 59.0 Å². The van der Waals surface area contributed by atoms with E-state index in [1.54, 1.807) is 6.08 Å². The maximum Gasteiger partial charge on any atom is 0.234 e. The van der Waals surface area contributed by atoms with E-state index in [1.165, 1.54) is 32.1 Å². The van der Waals surface area contributed by atoms with E-state index in [2.05, 4.69) is 31.9 Å². The molecule has 2 aliphatic heterocycles. The van der Waals surface area contributed by atoms with Gasteiger partial charge in [-0.25, -0.2) is 0 Å². The summed E-state index contributed by atoms with van der Waals surface area (Å²) < 4.78 is 5.54. The van der Waals surface area contributed by atoms with Gasteiger partial charge in [-0.3, -0.25) is 24.3 Å². The van der Waals surface area contributed by atoms with Crippen LogP contribution < -0.4 is 10.6 Å². The van der Waals surface area contributed by atoms with Crippen LogP contribution in [0.2, 0.25) is 0 Å². The molecule has 0 radical (unpaired) electrons. The third kappa shape index (κ3) is 6.77. The molecule has 3 aliphatic rings.